The van der Waals surface area contributed by atoms with E-state index in [-0.39, 0.29) is 5.54 Å². The minimum atomic E-state index is -0.231. The first-order valence-electron chi connectivity index (χ1n) is 6.03. The van der Waals surface area contributed by atoms with Gasteiger partial charge in [0, 0.05) is 25.2 Å². The van der Waals surface area contributed by atoms with Gasteiger partial charge in [0.2, 0.25) is 0 Å². The van der Waals surface area contributed by atoms with Crippen molar-refractivity contribution in [3.63, 3.8) is 0 Å². The molecule has 2 N–H and O–H groups in total. The van der Waals surface area contributed by atoms with E-state index < -0.39 is 0 Å². The Bertz CT molecular complexity index is 544. The van der Waals surface area contributed by atoms with E-state index in [4.69, 9.17) is 5.73 Å². The van der Waals surface area contributed by atoms with E-state index in [1.165, 1.54) is 11.1 Å². The molecule has 0 amide bonds. The Morgan fingerprint density at radius 2 is 2.18 bits per heavy atom. The number of hydrogen-bond donors (Lipinski definition) is 1. The zero-order valence-electron chi connectivity index (χ0n) is 10.1. The Balaban J connectivity index is 1.93. The minimum Gasteiger partial charge on any atom is -0.321 e. The maximum atomic E-state index is 6.56. The number of aryl methyl sites for hydroxylation is 2. The monoisotopic (exact) mass is 227 g/mol. The summed E-state index contributed by atoms with van der Waals surface area (Å²) in [7, 11) is 1.94. The molecule has 1 unspecified atom stereocenters. The van der Waals surface area contributed by atoms with Gasteiger partial charge in [-0.3, -0.25) is 4.68 Å². The molecule has 0 fully saturated rings. The summed E-state index contributed by atoms with van der Waals surface area (Å²) in [5.41, 5.74) is 10.1. The van der Waals surface area contributed by atoms with Crippen LogP contribution in [0.4, 0.5) is 0 Å². The highest BCUT2D eigenvalue weighted by Crippen LogP contribution is 2.36. The lowest BCUT2D eigenvalue weighted by Crippen LogP contribution is -2.36. The third-order valence-corrected chi connectivity index (χ3v) is 3.66. The Labute approximate surface area is 101 Å². The largest absolute Gasteiger partial charge is 0.321 e. The van der Waals surface area contributed by atoms with E-state index in [9.17, 15) is 0 Å². The summed E-state index contributed by atoms with van der Waals surface area (Å²) < 4.78 is 1.83. The number of nitrogens with two attached hydrogens (primary N) is 1. The highest BCUT2D eigenvalue weighted by molar-refractivity contribution is 5.39. The summed E-state index contributed by atoms with van der Waals surface area (Å²) in [4.78, 5) is 0. The van der Waals surface area contributed by atoms with Gasteiger partial charge in [-0.05, 0) is 30.0 Å². The summed E-state index contributed by atoms with van der Waals surface area (Å²) >= 11 is 0. The van der Waals surface area contributed by atoms with Gasteiger partial charge < -0.3 is 5.73 Å². The molecule has 0 saturated carbocycles. The SMILES string of the molecule is Cn1ccc(CC2(N)CCc3ccccc32)n1. The predicted molar refractivity (Wildman–Crippen MR) is 67.5 cm³/mol. The molecule has 1 heterocycles. The summed E-state index contributed by atoms with van der Waals surface area (Å²) in [6.45, 7) is 0. The van der Waals surface area contributed by atoms with E-state index in [0.717, 1.165) is 25.0 Å². The van der Waals surface area contributed by atoms with Gasteiger partial charge in [-0.2, -0.15) is 5.10 Å². The molecule has 3 heteroatoms. The second kappa shape index (κ2) is 3.70. The molecular weight excluding hydrogens is 210 g/mol. The first-order valence-corrected chi connectivity index (χ1v) is 6.03. The standard InChI is InChI=1S/C14H17N3/c1-17-9-7-12(16-17)10-14(15)8-6-11-4-2-3-5-13(11)14/h2-5,7,9H,6,8,10,15H2,1H3. The highest BCUT2D eigenvalue weighted by Gasteiger charge is 2.35. The van der Waals surface area contributed by atoms with Gasteiger partial charge in [-0.25, -0.2) is 0 Å². The van der Waals surface area contributed by atoms with Gasteiger partial charge in [-0.15, -0.1) is 0 Å². The molecule has 0 spiro atoms. The van der Waals surface area contributed by atoms with Crippen molar-refractivity contribution in [2.45, 2.75) is 24.8 Å². The van der Waals surface area contributed by atoms with E-state index in [0.29, 0.717) is 0 Å². The predicted octanol–water partition coefficient (Wildman–Crippen LogP) is 1.76. The normalized spacial score (nSPS) is 22.7. The van der Waals surface area contributed by atoms with E-state index in [1.807, 2.05) is 17.9 Å². The molecule has 0 saturated heterocycles. The van der Waals surface area contributed by atoms with Gasteiger partial charge >= 0.3 is 0 Å². The lowest BCUT2D eigenvalue weighted by Gasteiger charge is -2.24. The van der Waals surface area contributed by atoms with Crippen molar-refractivity contribution in [2.75, 3.05) is 0 Å². The van der Waals surface area contributed by atoms with Crippen molar-refractivity contribution < 1.29 is 0 Å². The second-order valence-electron chi connectivity index (χ2n) is 4.97. The molecule has 3 rings (SSSR count). The van der Waals surface area contributed by atoms with Crippen LogP contribution in [-0.4, -0.2) is 9.78 Å². The molecule has 88 valence electrons. The molecule has 1 aromatic carbocycles. The average Bonchev–Trinajstić information content (AvgIpc) is 2.86. The maximum Gasteiger partial charge on any atom is 0.0646 e. The van der Waals surface area contributed by atoms with Gasteiger partial charge in [0.25, 0.3) is 0 Å². The van der Waals surface area contributed by atoms with Crippen LogP contribution in [0.25, 0.3) is 0 Å². The molecule has 0 bridgehead atoms. The Hall–Kier alpha value is -1.61. The first kappa shape index (κ1) is 10.5. The molecule has 0 aliphatic heterocycles. The number of aromatic nitrogens is 2. The molecule has 1 aliphatic rings. The number of hydrogen-bond acceptors (Lipinski definition) is 2. The van der Waals surface area contributed by atoms with Crippen LogP contribution in [0.15, 0.2) is 36.5 Å². The third-order valence-electron chi connectivity index (χ3n) is 3.66. The Morgan fingerprint density at radius 3 is 2.94 bits per heavy atom. The third kappa shape index (κ3) is 1.76. The van der Waals surface area contributed by atoms with Crippen LogP contribution in [-0.2, 0) is 25.4 Å². The maximum absolute atomic E-state index is 6.56. The molecule has 1 aromatic heterocycles. The fourth-order valence-corrected chi connectivity index (χ4v) is 2.78. The lowest BCUT2D eigenvalue weighted by molar-refractivity contribution is 0.432. The zero-order chi connectivity index (χ0) is 11.9. The summed E-state index contributed by atoms with van der Waals surface area (Å²) in [6.07, 6.45) is 4.90. The highest BCUT2D eigenvalue weighted by atomic mass is 15.2. The Kier molecular flexibility index (Phi) is 2.30. The van der Waals surface area contributed by atoms with Gasteiger partial charge in [-0.1, -0.05) is 24.3 Å². The molecule has 17 heavy (non-hydrogen) atoms. The minimum absolute atomic E-state index is 0.231. The van der Waals surface area contributed by atoms with Crippen LogP contribution in [0.2, 0.25) is 0 Å². The van der Waals surface area contributed by atoms with Crippen molar-refractivity contribution in [3.05, 3.63) is 53.3 Å². The molecule has 2 aromatic rings. The quantitative estimate of drug-likeness (QED) is 0.849. The van der Waals surface area contributed by atoms with Crippen molar-refractivity contribution in [2.24, 2.45) is 12.8 Å². The second-order valence-corrected chi connectivity index (χ2v) is 4.97. The lowest BCUT2D eigenvalue weighted by atomic mass is 9.88. The molecule has 1 aliphatic carbocycles. The fraction of sp³-hybridized carbons (Fsp3) is 0.357. The summed E-state index contributed by atoms with van der Waals surface area (Å²) in [6, 6.07) is 10.6. The number of rotatable bonds is 2. The van der Waals surface area contributed by atoms with Crippen LogP contribution < -0.4 is 5.73 Å². The van der Waals surface area contributed by atoms with E-state index >= 15 is 0 Å². The smallest absolute Gasteiger partial charge is 0.0646 e. The van der Waals surface area contributed by atoms with Crippen molar-refractivity contribution in [3.8, 4) is 0 Å². The average molecular weight is 227 g/mol. The van der Waals surface area contributed by atoms with Gasteiger partial charge in [0.05, 0.1) is 5.69 Å². The molecular formula is C14H17N3. The summed E-state index contributed by atoms with van der Waals surface area (Å²) in [5, 5.41) is 4.43. The van der Waals surface area contributed by atoms with Crippen LogP contribution >= 0.6 is 0 Å². The Morgan fingerprint density at radius 1 is 1.35 bits per heavy atom. The van der Waals surface area contributed by atoms with Crippen LogP contribution in [0.1, 0.15) is 23.2 Å². The number of benzene rings is 1. The number of fused-ring (bicyclic) bond motifs is 1. The molecule has 0 radical (unpaired) electrons. The van der Waals surface area contributed by atoms with Crippen molar-refractivity contribution >= 4 is 0 Å². The van der Waals surface area contributed by atoms with E-state index in [1.54, 1.807) is 0 Å². The van der Waals surface area contributed by atoms with Gasteiger partial charge in [0.1, 0.15) is 0 Å². The summed E-state index contributed by atoms with van der Waals surface area (Å²) in [5.74, 6) is 0. The van der Waals surface area contributed by atoms with Gasteiger partial charge in [0.15, 0.2) is 0 Å². The first-order chi connectivity index (χ1) is 8.17. The van der Waals surface area contributed by atoms with Crippen LogP contribution in [0.5, 0.6) is 0 Å². The molecule has 1 atom stereocenters. The zero-order valence-corrected chi connectivity index (χ0v) is 10.1. The van der Waals surface area contributed by atoms with Crippen LogP contribution in [0.3, 0.4) is 0 Å². The van der Waals surface area contributed by atoms with Crippen LogP contribution in [0, 0.1) is 0 Å². The number of nitrogens with zero attached hydrogens (tertiary/aromatic N) is 2. The van der Waals surface area contributed by atoms with E-state index in [2.05, 4.69) is 35.4 Å². The topological polar surface area (TPSA) is 43.8 Å². The van der Waals surface area contributed by atoms with Crippen molar-refractivity contribution in [1.29, 1.82) is 0 Å². The molecule has 3 nitrogen and oxygen atoms in total. The van der Waals surface area contributed by atoms with Crippen molar-refractivity contribution in [1.82, 2.24) is 9.78 Å². The fourth-order valence-electron chi connectivity index (χ4n) is 2.78.